The van der Waals surface area contributed by atoms with E-state index in [0.717, 1.165) is 0 Å². The summed E-state index contributed by atoms with van der Waals surface area (Å²) in [6.07, 6.45) is 1.52. The van der Waals surface area contributed by atoms with Crippen LogP contribution in [0, 0.1) is 29.1 Å². The molecule has 0 spiro atoms. The van der Waals surface area contributed by atoms with E-state index in [-0.39, 0.29) is 5.75 Å². The molecular formula is C14H7F5O. The Hall–Kier alpha value is -2.37. The molecule has 0 bridgehead atoms. The molecule has 0 heterocycles. The van der Waals surface area contributed by atoms with Gasteiger partial charge in [0, 0.05) is 0 Å². The van der Waals surface area contributed by atoms with Gasteiger partial charge < -0.3 is 4.74 Å². The van der Waals surface area contributed by atoms with Gasteiger partial charge in [-0.1, -0.05) is 24.8 Å². The van der Waals surface area contributed by atoms with Crippen molar-refractivity contribution < 1.29 is 26.7 Å². The highest BCUT2D eigenvalue weighted by Gasteiger charge is 2.27. The molecule has 0 fully saturated rings. The second-order valence-electron chi connectivity index (χ2n) is 3.77. The number of rotatable bonds is 3. The van der Waals surface area contributed by atoms with Gasteiger partial charge in [-0.25, -0.2) is 13.2 Å². The molecule has 0 aliphatic carbocycles. The van der Waals surface area contributed by atoms with Crippen LogP contribution in [-0.4, -0.2) is 0 Å². The Morgan fingerprint density at radius 1 is 0.750 bits per heavy atom. The van der Waals surface area contributed by atoms with E-state index in [9.17, 15) is 22.0 Å². The van der Waals surface area contributed by atoms with Gasteiger partial charge in [-0.2, -0.15) is 8.78 Å². The van der Waals surface area contributed by atoms with Crippen LogP contribution in [0.3, 0.4) is 0 Å². The minimum atomic E-state index is -2.23. The predicted molar refractivity (Wildman–Crippen MR) is 62.8 cm³/mol. The highest BCUT2D eigenvalue weighted by Crippen LogP contribution is 2.32. The third-order valence-electron chi connectivity index (χ3n) is 2.51. The highest BCUT2D eigenvalue weighted by atomic mass is 19.2. The minimum Gasteiger partial charge on any atom is -0.451 e. The molecule has 6 heteroatoms. The molecule has 0 aliphatic heterocycles. The molecule has 0 N–H and O–H groups in total. The van der Waals surface area contributed by atoms with Gasteiger partial charge in [0.25, 0.3) is 0 Å². The Morgan fingerprint density at radius 3 is 1.65 bits per heavy atom. The lowest BCUT2D eigenvalue weighted by atomic mass is 10.2. The van der Waals surface area contributed by atoms with Crippen molar-refractivity contribution in [3.05, 3.63) is 65.5 Å². The average Bonchev–Trinajstić information content (AvgIpc) is 2.48. The first-order valence-electron chi connectivity index (χ1n) is 5.37. The van der Waals surface area contributed by atoms with Crippen molar-refractivity contribution in [2.45, 2.75) is 0 Å². The standard InChI is InChI=1S/C14H7F5O/c1-2-7-3-5-8(6-4-7)20-14-12(18)10(16)9(15)11(17)13(14)19/h2-6H,1H2. The largest absolute Gasteiger partial charge is 0.451 e. The van der Waals surface area contributed by atoms with Crippen molar-refractivity contribution in [3.8, 4) is 11.5 Å². The van der Waals surface area contributed by atoms with Gasteiger partial charge in [-0.15, -0.1) is 0 Å². The molecule has 0 aliphatic rings. The highest BCUT2D eigenvalue weighted by molar-refractivity contribution is 5.48. The Morgan fingerprint density at radius 2 is 1.20 bits per heavy atom. The molecule has 104 valence electrons. The van der Waals surface area contributed by atoms with Crippen molar-refractivity contribution in [1.29, 1.82) is 0 Å². The molecule has 2 rings (SSSR count). The van der Waals surface area contributed by atoms with Crippen LogP contribution in [0.25, 0.3) is 6.08 Å². The SMILES string of the molecule is C=Cc1ccc(Oc2c(F)c(F)c(F)c(F)c2F)cc1. The summed E-state index contributed by atoms with van der Waals surface area (Å²) in [5.41, 5.74) is 0.703. The second-order valence-corrected chi connectivity index (χ2v) is 3.77. The fourth-order valence-electron chi connectivity index (χ4n) is 1.46. The van der Waals surface area contributed by atoms with Crippen molar-refractivity contribution in [2.75, 3.05) is 0 Å². The van der Waals surface area contributed by atoms with Gasteiger partial charge in [0.1, 0.15) is 5.75 Å². The van der Waals surface area contributed by atoms with Crippen molar-refractivity contribution in [3.63, 3.8) is 0 Å². The van der Waals surface area contributed by atoms with Gasteiger partial charge in [0.05, 0.1) is 0 Å². The van der Waals surface area contributed by atoms with E-state index < -0.39 is 34.8 Å². The number of halogens is 5. The van der Waals surface area contributed by atoms with E-state index in [2.05, 4.69) is 6.58 Å². The maximum absolute atomic E-state index is 13.4. The molecule has 0 atom stereocenters. The molecule has 0 radical (unpaired) electrons. The van der Waals surface area contributed by atoms with E-state index in [4.69, 9.17) is 4.74 Å². The fraction of sp³-hybridized carbons (Fsp3) is 0. The number of ether oxygens (including phenoxy) is 1. The maximum Gasteiger partial charge on any atom is 0.207 e. The molecule has 0 saturated carbocycles. The average molecular weight is 286 g/mol. The third-order valence-corrected chi connectivity index (χ3v) is 2.51. The van der Waals surface area contributed by atoms with Crippen LogP contribution in [0.4, 0.5) is 22.0 Å². The fourth-order valence-corrected chi connectivity index (χ4v) is 1.46. The first kappa shape index (κ1) is 14.0. The summed E-state index contributed by atoms with van der Waals surface area (Å²) in [6, 6.07) is 5.65. The van der Waals surface area contributed by atoms with Gasteiger partial charge in [-0.3, -0.25) is 0 Å². The molecular weight excluding hydrogens is 279 g/mol. The monoisotopic (exact) mass is 286 g/mol. The summed E-state index contributed by atoms with van der Waals surface area (Å²) < 4.78 is 70.2. The number of benzene rings is 2. The van der Waals surface area contributed by atoms with Gasteiger partial charge >= 0.3 is 0 Å². The van der Waals surface area contributed by atoms with Crippen LogP contribution in [0.15, 0.2) is 30.8 Å². The van der Waals surface area contributed by atoms with Gasteiger partial charge in [-0.05, 0) is 17.7 Å². The van der Waals surface area contributed by atoms with Crippen molar-refractivity contribution in [2.24, 2.45) is 0 Å². The predicted octanol–water partition coefficient (Wildman–Crippen LogP) is 4.82. The number of hydrogen-bond acceptors (Lipinski definition) is 1. The maximum atomic E-state index is 13.4. The second kappa shape index (κ2) is 5.32. The van der Waals surface area contributed by atoms with Gasteiger partial charge in [0.15, 0.2) is 0 Å². The Kier molecular flexibility index (Phi) is 3.74. The molecule has 0 unspecified atom stereocenters. The van der Waals surface area contributed by atoms with Crippen molar-refractivity contribution in [1.82, 2.24) is 0 Å². The topological polar surface area (TPSA) is 9.23 Å². The van der Waals surface area contributed by atoms with Crippen LogP contribution in [0.2, 0.25) is 0 Å². The van der Waals surface area contributed by atoms with Crippen LogP contribution in [-0.2, 0) is 0 Å². The summed E-state index contributed by atoms with van der Waals surface area (Å²) in [5, 5.41) is 0. The summed E-state index contributed by atoms with van der Waals surface area (Å²) in [6.45, 7) is 3.50. The summed E-state index contributed by atoms with van der Waals surface area (Å²) in [5.74, 6) is -11.8. The molecule has 20 heavy (non-hydrogen) atoms. The Balaban J connectivity index is 2.45. The normalized spacial score (nSPS) is 10.4. The van der Waals surface area contributed by atoms with E-state index in [1.807, 2.05) is 0 Å². The first-order valence-corrected chi connectivity index (χ1v) is 5.37. The Labute approximate surface area is 110 Å². The Bertz CT molecular complexity index is 635. The van der Waals surface area contributed by atoms with E-state index in [0.29, 0.717) is 5.56 Å². The summed E-state index contributed by atoms with van der Waals surface area (Å²) in [4.78, 5) is 0. The zero-order chi connectivity index (χ0) is 14.9. The zero-order valence-electron chi connectivity index (χ0n) is 9.89. The molecule has 0 aromatic heterocycles. The van der Waals surface area contributed by atoms with Crippen molar-refractivity contribution >= 4 is 6.08 Å². The quantitative estimate of drug-likeness (QED) is 0.446. The minimum absolute atomic E-state index is 0.0705. The molecule has 2 aromatic carbocycles. The van der Waals surface area contributed by atoms with E-state index in [1.54, 1.807) is 0 Å². The summed E-state index contributed by atoms with van der Waals surface area (Å²) in [7, 11) is 0. The molecule has 2 aromatic rings. The van der Waals surface area contributed by atoms with Crippen LogP contribution >= 0.6 is 0 Å². The first-order chi connectivity index (χ1) is 9.45. The lowest BCUT2D eigenvalue weighted by Gasteiger charge is -2.10. The molecule has 0 saturated heterocycles. The third kappa shape index (κ3) is 2.36. The zero-order valence-corrected chi connectivity index (χ0v) is 9.89. The van der Waals surface area contributed by atoms with Crippen LogP contribution in [0.1, 0.15) is 5.56 Å². The smallest absolute Gasteiger partial charge is 0.207 e. The molecule has 0 amide bonds. The molecule has 1 nitrogen and oxygen atoms in total. The van der Waals surface area contributed by atoms with E-state index in [1.165, 1.54) is 30.3 Å². The lowest BCUT2D eigenvalue weighted by Crippen LogP contribution is -2.04. The number of hydrogen-bond donors (Lipinski definition) is 0. The van der Waals surface area contributed by atoms with Crippen LogP contribution < -0.4 is 4.74 Å². The van der Waals surface area contributed by atoms with Gasteiger partial charge in [0.2, 0.25) is 34.8 Å². The van der Waals surface area contributed by atoms with Crippen LogP contribution in [0.5, 0.6) is 11.5 Å². The van der Waals surface area contributed by atoms with E-state index >= 15 is 0 Å². The summed E-state index contributed by atoms with van der Waals surface area (Å²) >= 11 is 0. The lowest BCUT2D eigenvalue weighted by molar-refractivity contribution is 0.332.